The van der Waals surface area contributed by atoms with Crippen LogP contribution in [0.15, 0.2) is 0 Å². The van der Waals surface area contributed by atoms with E-state index in [1.165, 1.54) is 23.6 Å². The lowest BCUT2D eigenvalue weighted by Crippen LogP contribution is -2.58. The van der Waals surface area contributed by atoms with Gasteiger partial charge < -0.3 is 68.9 Å². The Morgan fingerprint density at radius 3 is 1.90 bits per heavy atom. The summed E-state index contributed by atoms with van der Waals surface area (Å²) in [5, 5.41) is 44.0. The minimum absolute atomic E-state index is 0.116. The van der Waals surface area contributed by atoms with Gasteiger partial charge in [-0.2, -0.15) is 11.8 Å². The van der Waals surface area contributed by atoms with Crippen molar-refractivity contribution >= 4 is 76.9 Å². The van der Waals surface area contributed by atoms with Gasteiger partial charge in [0.15, 0.2) is 0 Å². The fourth-order valence-corrected chi connectivity index (χ4v) is 6.03. The van der Waals surface area contributed by atoms with Crippen molar-refractivity contribution in [2.45, 2.75) is 102 Å². The Balaban J connectivity index is 2.90. The average Bonchev–Trinajstić information content (AvgIpc) is 3.65. The topological polar surface area (TPSA) is 388 Å². The molecule has 1 aliphatic rings. The minimum atomic E-state index is -1.81. The van der Waals surface area contributed by atoms with E-state index in [4.69, 9.17) is 11.5 Å². The molecule has 0 spiro atoms. The van der Waals surface area contributed by atoms with Gasteiger partial charge in [0.2, 0.25) is 53.2 Å². The minimum Gasteiger partial charge on any atom is -0.481 e. The lowest BCUT2D eigenvalue weighted by atomic mass is 10.0. The largest absolute Gasteiger partial charge is 0.481 e. The molecule has 59 heavy (non-hydrogen) atoms. The maximum Gasteiger partial charge on any atom is 0.325 e. The Morgan fingerprint density at radius 2 is 1.34 bits per heavy atom. The zero-order valence-corrected chi connectivity index (χ0v) is 34.1. The number of amides is 9. The van der Waals surface area contributed by atoms with Crippen molar-refractivity contribution in [1.82, 2.24) is 42.1 Å². The number of nitrogens with zero attached hydrogens (tertiary/aromatic N) is 1. The molecule has 1 aliphatic heterocycles. The zero-order valence-electron chi connectivity index (χ0n) is 33.2. The number of nitrogens with two attached hydrogens (primary N) is 2. The van der Waals surface area contributed by atoms with Gasteiger partial charge >= 0.3 is 11.9 Å². The molecule has 7 atom stereocenters. The molecule has 24 nitrogen and oxygen atoms in total. The number of thioether (sulfide) groups is 1. The van der Waals surface area contributed by atoms with E-state index in [1.54, 1.807) is 20.1 Å². The van der Waals surface area contributed by atoms with Crippen LogP contribution in [0.5, 0.6) is 0 Å². The molecule has 1 heterocycles. The summed E-state index contributed by atoms with van der Waals surface area (Å²) < 4.78 is 0. The van der Waals surface area contributed by atoms with Crippen LogP contribution in [0, 0.1) is 5.92 Å². The van der Waals surface area contributed by atoms with E-state index in [2.05, 4.69) is 26.6 Å². The number of primary amides is 1. The summed E-state index contributed by atoms with van der Waals surface area (Å²) in [5.41, 5.74) is 10.5. The van der Waals surface area contributed by atoms with Crippen molar-refractivity contribution in [3.05, 3.63) is 0 Å². The summed E-state index contributed by atoms with van der Waals surface area (Å²) in [6, 6.07) is -9.41. The van der Waals surface area contributed by atoms with Gasteiger partial charge in [-0.15, -0.1) is 0 Å². The summed E-state index contributed by atoms with van der Waals surface area (Å²) in [4.78, 5) is 138. The van der Waals surface area contributed by atoms with Gasteiger partial charge in [0.1, 0.15) is 36.3 Å². The Labute approximate surface area is 343 Å². The standard InChI is InChI=1S/C34H56N10O14S/c1-16(2)10-20(30(53)41-19(7-9-59-4)33(56)44-8-5-6-23(44)32(55)39-17(3)34(57)58)40-26(48)14-37-25(47)13-38-29(52)21(12-27(49)50)42-31(54)22(15-45)43-28(51)18(35)11-24(36)46/h16-23,45H,5-15,35H2,1-4H3,(H2,36,46)(H,37,47)(H,38,52)(H,39,55)(H,40,48)(H,41,53)(H,42,54)(H,43,51)(H,49,50)(H,57,58)/t17-,18-,19-,20-,21-,22-,23-/m0/s1. The van der Waals surface area contributed by atoms with E-state index >= 15 is 0 Å². The number of carbonyl (C=O) groups excluding carboxylic acids is 9. The lowest BCUT2D eigenvalue weighted by Gasteiger charge is -2.30. The summed E-state index contributed by atoms with van der Waals surface area (Å²) in [6.45, 7) is 2.54. The molecular formula is C34H56N10O14S. The normalized spacial score (nSPS) is 16.5. The zero-order chi connectivity index (χ0) is 45.0. The number of carboxylic acid groups (broad SMARTS) is 2. The van der Waals surface area contributed by atoms with E-state index < -0.39 is 140 Å². The summed E-state index contributed by atoms with van der Waals surface area (Å²) in [7, 11) is 0. The van der Waals surface area contributed by atoms with Crippen LogP contribution < -0.4 is 48.7 Å². The van der Waals surface area contributed by atoms with Crippen LogP contribution in [-0.4, -0.2) is 166 Å². The number of rotatable bonds is 26. The van der Waals surface area contributed by atoms with Crippen LogP contribution in [0.4, 0.5) is 0 Å². The van der Waals surface area contributed by atoms with Crippen molar-refractivity contribution in [3.8, 4) is 0 Å². The third-order valence-electron chi connectivity index (χ3n) is 8.61. The number of carboxylic acids is 2. The molecule has 0 aromatic rings. The summed E-state index contributed by atoms with van der Waals surface area (Å²) in [6.07, 6.45) is 1.27. The number of hydrogen-bond donors (Lipinski definition) is 12. The number of nitrogens with one attached hydrogen (secondary N) is 7. The second-order valence-corrected chi connectivity index (χ2v) is 15.0. The number of likely N-dealkylation sites (tertiary alicyclic amines) is 1. The number of hydrogen-bond acceptors (Lipinski definition) is 14. The summed E-state index contributed by atoms with van der Waals surface area (Å²) in [5.74, 6) is -10.5. The van der Waals surface area contributed by atoms with Crippen molar-refractivity contribution < 1.29 is 68.1 Å². The monoisotopic (exact) mass is 860 g/mol. The first-order valence-electron chi connectivity index (χ1n) is 18.6. The number of carbonyl (C=O) groups is 11. The molecule has 332 valence electrons. The highest BCUT2D eigenvalue weighted by molar-refractivity contribution is 7.98. The molecular weight excluding hydrogens is 804 g/mol. The van der Waals surface area contributed by atoms with Gasteiger partial charge in [-0.1, -0.05) is 13.8 Å². The Hall–Kier alpha value is -5.56. The Kier molecular flexibility index (Phi) is 22.4. The Morgan fingerprint density at radius 1 is 0.746 bits per heavy atom. The quantitative estimate of drug-likeness (QED) is 0.0385. The molecule has 0 saturated carbocycles. The molecule has 0 bridgehead atoms. The molecule has 0 aromatic carbocycles. The van der Waals surface area contributed by atoms with Gasteiger partial charge in [0, 0.05) is 6.54 Å². The van der Waals surface area contributed by atoms with E-state index in [-0.39, 0.29) is 31.7 Å². The van der Waals surface area contributed by atoms with Crippen LogP contribution in [0.1, 0.15) is 59.3 Å². The van der Waals surface area contributed by atoms with Crippen LogP contribution in [-0.2, 0) is 52.7 Å². The molecule has 1 saturated heterocycles. The Bertz CT molecular complexity index is 1570. The van der Waals surface area contributed by atoms with Gasteiger partial charge in [0.05, 0.1) is 38.6 Å². The van der Waals surface area contributed by atoms with Crippen LogP contribution in [0.3, 0.4) is 0 Å². The van der Waals surface area contributed by atoms with Gasteiger partial charge in [-0.3, -0.25) is 52.7 Å². The smallest absolute Gasteiger partial charge is 0.325 e. The SMILES string of the molecule is CSCC[C@H](NC(=O)[C@H](CC(C)C)NC(=O)CNC(=O)CNC(=O)[C@H](CC(=O)O)NC(=O)[C@H](CO)NC(=O)[C@@H](N)CC(N)=O)C(=O)N1CCC[C@H]1C(=O)N[C@@H](C)C(=O)O. The fourth-order valence-electron chi connectivity index (χ4n) is 5.56. The molecule has 14 N–H and O–H groups in total. The third kappa shape index (κ3) is 18.7. The molecule has 0 unspecified atom stereocenters. The van der Waals surface area contributed by atoms with E-state index in [0.717, 1.165) is 0 Å². The first-order chi connectivity index (χ1) is 27.6. The molecule has 1 rings (SSSR count). The first-order valence-corrected chi connectivity index (χ1v) is 19.9. The van der Waals surface area contributed by atoms with E-state index in [1.807, 2.05) is 10.6 Å². The fraction of sp³-hybridized carbons (Fsp3) is 0.676. The maximum atomic E-state index is 13.7. The average molecular weight is 861 g/mol. The highest BCUT2D eigenvalue weighted by Crippen LogP contribution is 2.20. The van der Waals surface area contributed by atoms with Crippen molar-refractivity contribution in [1.29, 1.82) is 0 Å². The summed E-state index contributed by atoms with van der Waals surface area (Å²) >= 11 is 1.41. The van der Waals surface area contributed by atoms with Gasteiger partial charge in [-0.25, -0.2) is 0 Å². The first kappa shape index (κ1) is 51.5. The predicted molar refractivity (Wildman–Crippen MR) is 207 cm³/mol. The maximum absolute atomic E-state index is 13.7. The predicted octanol–water partition coefficient (Wildman–Crippen LogP) is -5.79. The number of aliphatic carboxylic acids is 2. The third-order valence-corrected chi connectivity index (χ3v) is 9.25. The van der Waals surface area contributed by atoms with Gasteiger partial charge in [0.25, 0.3) is 0 Å². The van der Waals surface area contributed by atoms with E-state index in [9.17, 15) is 68.1 Å². The molecule has 9 amide bonds. The lowest BCUT2D eigenvalue weighted by molar-refractivity contribution is -0.144. The molecule has 0 aliphatic carbocycles. The molecule has 25 heteroatoms. The van der Waals surface area contributed by atoms with Crippen LogP contribution in [0.25, 0.3) is 0 Å². The highest BCUT2D eigenvalue weighted by Gasteiger charge is 2.39. The molecule has 1 fully saturated rings. The number of aliphatic hydroxyl groups is 1. The number of aliphatic hydroxyl groups excluding tert-OH is 1. The highest BCUT2D eigenvalue weighted by atomic mass is 32.2. The van der Waals surface area contributed by atoms with Crippen molar-refractivity contribution in [2.75, 3.05) is 38.2 Å². The van der Waals surface area contributed by atoms with E-state index in [0.29, 0.717) is 12.2 Å². The second kappa shape index (κ2) is 25.7. The van der Waals surface area contributed by atoms with Crippen LogP contribution >= 0.6 is 11.8 Å². The van der Waals surface area contributed by atoms with Gasteiger partial charge in [-0.05, 0) is 50.5 Å². The molecule has 0 radical (unpaired) electrons. The van der Waals surface area contributed by atoms with Crippen LogP contribution in [0.2, 0.25) is 0 Å². The molecule has 0 aromatic heterocycles. The second-order valence-electron chi connectivity index (χ2n) is 14.0. The van der Waals surface area contributed by atoms with Crippen molar-refractivity contribution in [3.63, 3.8) is 0 Å². The van der Waals surface area contributed by atoms with Crippen molar-refractivity contribution in [2.24, 2.45) is 17.4 Å².